The first kappa shape index (κ1) is 11.6. The topological polar surface area (TPSA) is 63.8 Å². The normalized spacial score (nSPS) is 16.6. The Hall–Kier alpha value is -0.840. The molecule has 1 aliphatic rings. The van der Waals surface area contributed by atoms with E-state index in [0.29, 0.717) is 11.8 Å². The Kier molecular flexibility index (Phi) is 3.98. The fourth-order valence-electron chi connectivity index (χ4n) is 2.20. The van der Waals surface area contributed by atoms with Crippen molar-refractivity contribution >= 4 is 27.7 Å². The first-order valence-corrected chi connectivity index (χ1v) is 6.57. The van der Waals surface area contributed by atoms with Gasteiger partial charge in [0.05, 0.1) is 0 Å². The largest absolute Gasteiger partial charge is 0.383 e. The molecule has 1 saturated carbocycles. The van der Waals surface area contributed by atoms with Crippen molar-refractivity contribution in [3.8, 4) is 0 Å². The van der Waals surface area contributed by atoms with Crippen LogP contribution in [0, 0.1) is 5.92 Å². The molecule has 4 nitrogen and oxygen atoms in total. The van der Waals surface area contributed by atoms with Crippen LogP contribution >= 0.6 is 15.9 Å². The average molecular weight is 285 g/mol. The molecule has 0 aromatic carbocycles. The summed E-state index contributed by atoms with van der Waals surface area (Å²) < 4.78 is 0.725. The van der Waals surface area contributed by atoms with E-state index in [1.807, 2.05) is 0 Å². The maximum atomic E-state index is 5.63. The second-order valence-electron chi connectivity index (χ2n) is 4.31. The second-order valence-corrected chi connectivity index (χ2v) is 5.12. The summed E-state index contributed by atoms with van der Waals surface area (Å²) in [6, 6.07) is 1.70. The van der Waals surface area contributed by atoms with Gasteiger partial charge in [-0.2, -0.15) is 4.98 Å². The quantitative estimate of drug-likeness (QED) is 0.835. The Morgan fingerprint density at radius 1 is 1.38 bits per heavy atom. The summed E-state index contributed by atoms with van der Waals surface area (Å²) in [5.41, 5.74) is 5.63. The van der Waals surface area contributed by atoms with E-state index in [4.69, 9.17) is 5.73 Å². The summed E-state index contributed by atoms with van der Waals surface area (Å²) in [5, 5.41) is 3.22. The van der Waals surface area contributed by atoms with E-state index < -0.39 is 0 Å². The van der Waals surface area contributed by atoms with Crippen molar-refractivity contribution in [2.24, 2.45) is 5.92 Å². The predicted molar refractivity (Wildman–Crippen MR) is 69.2 cm³/mol. The lowest BCUT2D eigenvalue weighted by Gasteiger charge is -2.09. The van der Waals surface area contributed by atoms with Crippen LogP contribution in [-0.4, -0.2) is 16.5 Å². The zero-order valence-corrected chi connectivity index (χ0v) is 10.8. The van der Waals surface area contributed by atoms with E-state index in [2.05, 4.69) is 31.2 Å². The van der Waals surface area contributed by atoms with Crippen molar-refractivity contribution in [2.45, 2.75) is 32.1 Å². The van der Waals surface area contributed by atoms with Crippen molar-refractivity contribution in [1.29, 1.82) is 0 Å². The smallest absolute Gasteiger partial charge is 0.225 e. The van der Waals surface area contributed by atoms with Crippen LogP contribution in [0.5, 0.6) is 0 Å². The van der Waals surface area contributed by atoms with Gasteiger partial charge in [-0.3, -0.25) is 0 Å². The highest BCUT2D eigenvalue weighted by Crippen LogP contribution is 2.27. The number of nitrogens with two attached hydrogens (primary N) is 1. The van der Waals surface area contributed by atoms with Gasteiger partial charge in [-0.1, -0.05) is 25.7 Å². The highest BCUT2D eigenvalue weighted by atomic mass is 79.9. The second kappa shape index (κ2) is 5.48. The summed E-state index contributed by atoms with van der Waals surface area (Å²) in [4.78, 5) is 8.34. The summed E-state index contributed by atoms with van der Waals surface area (Å²) in [5.74, 6) is 1.99. The van der Waals surface area contributed by atoms with Crippen molar-refractivity contribution in [3.05, 3.63) is 10.7 Å². The van der Waals surface area contributed by atoms with E-state index in [0.717, 1.165) is 17.1 Å². The van der Waals surface area contributed by atoms with Gasteiger partial charge in [0.1, 0.15) is 10.4 Å². The molecule has 1 aromatic heterocycles. The minimum Gasteiger partial charge on any atom is -0.383 e. The summed E-state index contributed by atoms with van der Waals surface area (Å²) in [7, 11) is 0. The molecule has 1 aliphatic carbocycles. The zero-order chi connectivity index (χ0) is 11.4. The Balaban J connectivity index is 1.80. The predicted octanol–water partition coefficient (Wildman–Crippen LogP) is 2.81. The Morgan fingerprint density at radius 2 is 2.12 bits per heavy atom. The van der Waals surface area contributed by atoms with Crippen LogP contribution in [0.2, 0.25) is 0 Å². The number of anilines is 2. The summed E-state index contributed by atoms with van der Waals surface area (Å²) >= 11 is 3.30. The van der Waals surface area contributed by atoms with Gasteiger partial charge in [-0.15, -0.1) is 0 Å². The molecule has 88 valence electrons. The molecule has 1 fully saturated rings. The van der Waals surface area contributed by atoms with Crippen LogP contribution in [0.15, 0.2) is 10.7 Å². The van der Waals surface area contributed by atoms with Crippen LogP contribution in [-0.2, 0) is 0 Å². The van der Waals surface area contributed by atoms with E-state index in [1.165, 1.54) is 32.1 Å². The number of nitrogen functional groups attached to an aromatic ring is 1. The van der Waals surface area contributed by atoms with Crippen LogP contribution in [0.4, 0.5) is 11.8 Å². The molecule has 1 aromatic rings. The van der Waals surface area contributed by atoms with E-state index in [9.17, 15) is 0 Å². The number of halogens is 1. The third-order valence-electron chi connectivity index (χ3n) is 3.03. The van der Waals surface area contributed by atoms with E-state index in [1.54, 1.807) is 6.07 Å². The van der Waals surface area contributed by atoms with Crippen LogP contribution < -0.4 is 11.1 Å². The molecule has 0 radical (unpaired) electrons. The SMILES string of the molecule is Nc1cc(Br)nc(NCCC2CCCC2)n1. The van der Waals surface area contributed by atoms with Gasteiger partial charge >= 0.3 is 0 Å². The lowest BCUT2D eigenvalue weighted by atomic mass is 10.0. The van der Waals surface area contributed by atoms with Crippen molar-refractivity contribution in [2.75, 3.05) is 17.6 Å². The molecule has 3 N–H and O–H groups in total. The van der Waals surface area contributed by atoms with Gasteiger partial charge in [0, 0.05) is 12.6 Å². The van der Waals surface area contributed by atoms with E-state index >= 15 is 0 Å². The van der Waals surface area contributed by atoms with Gasteiger partial charge in [-0.25, -0.2) is 4.98 Å². The van der Waals surface area contributed by atoms with Gasteiger partial charge in [-0.05, 0) is 28.3 Å². The molecule has 2 rings (SSSR count). The number of hydrogen-bond donors (Lipinski definition) is 2. The molecule has 0 unspecified atom stereocenters. The third kappa shape index (κ3) is 3.33. The number of hydrogen-bond acceptors (Lipinski definition) is 4. The third-order valence-corrected chi connectivity index (χ3v) is 3.43. The first-order chi connectivity index (χ1) is 7.74. The maximum Gasteiger partial charge on any atom is 0.225 e. The number of rotatable bonds is 4. The van der Waals surface area contributed by atoms with Crippen LogP contribution in [0.1, 0.15) is 32.1 Å². The number of nitrogens with one attached hydrogen (secondary N) is 1. The van der Waals surface area contributed by atoms with Gasteiger partial charge < -0.3 is 11.1 Å². The lowest BCUT2D eigenvalue weighted by Crippen LogP contribution is -2.10. The standard InChI is InChI=1S/C11H17BrN4/c12-9-7-10(13)16-11(15-9)14-6-5-8-3-1-2-4-8/h7-8H,1-6H2,(H3,13,14,15,16). The molecule has 0 atom stereocenters. The maximum absolute atomic E-state index is 5.63. The Bertz CT molecular complexity index is 330. The molecule has 0 bridgehead atoms. The van der Waals surface area contributed by atoms with Gasteiger partial charge in [0.2, 0.25) is 5.95 Å². The molecule has 16 heavy (non-hydrogen) atoms. The van der Waals surface area contributed by atoms with Gasteiger partial charge in [0.25, 0.3) is 0 Å². The molecular weight excluding hydrogens is 268 g/mol. The van der Waals surface area contributed by atoms with Crippen LogP contribution in [0.3, 0.4) is 0 Å². The molecule has 0 spiro atoms. The highest BCUT2D eigenvalue weighted by molar-refractivity contribution is 9.10. The van der Waals surface area contributed by atoms with E-state index in [-0.39, 0.29) is 0 Å². The molecular formula is C11H17BrN4. The van der Waals surface area contributed by atoms with Gasteiger partial charge in [0.15, 0.2) is 0 Å². The monoisotopic (exact) mass is 284 g/mol. The Labute approximate surface area is 104 Å². The molecule has 0 aliphatic heterocycles. The summed E-state index contributed by atoms with van der Waals surface area (Å²) in [6.07, 6.45) is 6.75. The average Bonchev–Trinajstić information content (AvgIpc) is 2.69. The lowest BCUT2D eigenvalue weighted by molar-refractivity contribution is 0.518. The van der Waals surface area contributed by atoms with Crippen molar-refractivity contribution in [3.63, 3.8) is 0 Å². The molecule has 1 heterocycles. The zero-order valence-electron chi connectivity index (χ0n) is 9.25. The highest BCUT2D eigenvalue weighted by Gasteiger charge is 2.14. The van der Waals surface area contributed by atoms with Crippen molar-refractivity contribution < 1.29 is 0 Å². The Morgan fingerprint density at radius 3 is 2.81 bits per heavy atom. The summed E-state index contributed by atoms with van der Waals surface area (Å²) in [6.45, 7) is 0.931. The van der Waals surface area contributed by atoms with Crippen LogP contribution in [0.25, 0.3) is 0 Å². The number of aromatic nitrogens is 2. The molecule has 5 heteroatoms. The first-order valence-electron chi connectivity index (χ1n) is 5.78. The fourth-order valence-corrected chi connectivity index (χ4v) is 2.60. The minimum atomic E-state index is 0.491. The van der Waals surface area contributed by atoms with Crippen molar-refractivity contribution in [1.82, 2.24) is 9.97 Å². The molecule has 0 amide bonds. The number of nitrogens with zero attached hydrogens (tertiary/aromatic N) is 2. The molecule has 0 saturated heterocycles. The minimum absolute atomic E-state index is 0.491. The fraction of sp³-hybridized carbons (Fsp3) is 0.636.